The summed E-state index contributed by atoms with van der Waals surface area (Å²) in [5.74, 6) is -0.0774. The van der Waals surface area contributed by atoms with Crippen LogP contribution in [-0.2, 0) is 22.4 Å². The number of aryl methyl sites for hydroxylation is 1. The molecule has 0 fully saturated rings. The molecule has 0 bridgehead atoms. The van der Waals surface area contributed by atoms with E-state index in [-0.39, 0.29) is 11.8 Å². The maximum Gasteiger partial charge on any atom is 0.230 e. The molecule has 3 rings (SSSR count). The first kappa shape index (κ1) is 21.2. The van der Waals surface area contributed by atoms with Crippen LogP contribution in [-0.4, -0.2) is 23.3 Å². The Bertz CT molecular complexity index is 968. The Labute approximate surface area is 182 Å². The van der Waals surface area contributed by atoms with E-state index in [4.69, 9.17) is 0 Å². The molecule has 2 amide bonds. The van der Waals surface area contributed by atoms with Crippen molar-refractivity contribution in [3.05, 3.63) is 69.5 Å². The Morgan fingerprint density at radius 2 is 1.72 bits per heavy atom. The van der Waals surface area contributed by atoms with Gasteiger partial charge in [0.2, 0.25) is 11.8 Å². The van der Waals surface area contributed by atoms with E-state index in [9.17, 15) is 9.59 Å². The second-order valence-corrected chi connectivity index (χ2v) is 8.45. The summed E-state index contributed by atoms with van der Waals surface area (Å²) in [6, 6.07) is 15.9. The molecule has 3 aromatic rings. The molecule has 0 saturated carbocycles. The lowest BCUT2D eigenvalue weighted by Gasteiger charge is -2.04. The fourth-order valence-electron chi connectivity index (χ4n) is 2.81. The van der Waals surface area contributed by atoms with E-state index < -0.39 is 0 Å². The van der Waals surface area contributed by atoms with Gasteiger partial charge in [0.15, 0.2) is 5.13 Å². The van der Waals surface area contributed by atoms with Crippen molar-refractivity contribution in [2.45, 2.75) is 26.2 Å². The van der Waals surface area contributed by atoms with Crippen molar-refractivity contribution < 1.29 is 9.59 Å². The van der Waals surface area contributed by atoms with Gasteiger partial charge >= 0.3 is 0 Å². The van der Waals surface area contributed by atoms with Gasteiger partial charge in [-0.05, 0) is 36.1 Å². The molecule has 1 aromatic heterocycles. The molecule has 0 atom stereocenters. The second-order valence-electron chi connectivity index (χ2n) is 6.67. The van der Waals surface area contributed by atoms with Crippen LogP contribution in [0.1, 0.15) is 24.5 Å². The van der Waals surface area contributed by atoms with Crippen LogP contribution in [0.2, 0.25) is 0 Å². The summed E-state index contributed by atoms with van der Waals surface area (Å²) in [6.45, 7) is 2.21. The number of anilines is 1. The molecule has 0 aliphatic heterocycles. The summed E-state index contributed by atoms with van der Waals surface area (Å²) in [7, 11) is 0. The Morgan fingerprint density at radius 1 is 1.03 bits per heavy atom. The topological polar surface area (TPSA) is 71.1 Å². The number of aromatic nitrogens is 1. The fraction of sp³-hybridized carbons (Fsp3) is 0.227. The zero-order chi connectivity index (χ0) is 20.6. The molecule has 150 valence electrons. The lowest BCUT2D eigenvalue weighted by atomic mass is 10.1. The number of hydrogen-bond donors (Lipinski definition) is 2. The third-order valence-corrected chi connectivity index (χ3v) is 5.58. The van der Waals surface area contributed by atoms with Crippen molar-refractivity contribution in [2.75, 3.05) is 11.9 Å². The van der Waals surface area contributed by atoms with Crippen molar-refractivity contribution in [1.82, 2.24) is 10.3 Å². The fourth-order valence-corrected chi connectivity index (χ4v) is 3.81. The Kier molecular flexibility index (Phi) is 7.55. The highest BCUT2D eigenvalue weighted by molar-refractivity contribution is 9.10. The number of rotatable bonds is 8. The van der Waals surface area contributed by atoms with E-state index in [2.05, 4.69) is 43.7 Å². The zero-order valence-electron chi connectivity index (χ0n) is 16.1. The molecule has 2 N–H and O–H groups in total. The molecule has 0 spiro atoms. The zero-order valence-corrected chi connectivity index (χ0v) is 18.5. The summed E-state index contributed by atoms with van der Waals surface area (Å²) in [6.07, 6.45) is 2.13. The van der Waals surface area contributed by atoms with Gasteiger partial charge in [-0.3, -0.25) is 9.59 Å². The predicted octanol–water partition coefficient (Wildman–Crippen LogP) is 4.82. The Morgan fingerprint density at radius 3 is 2.41 bits per heavy atom. The first-order valence-electron chi connectivity index (χ1n) is 9.33. The van der Waals surface area contributed by atoms with Crippen LogP contribution in [0.5, 0.6) is 0 Å². The summed E-state index contributed by atoms with van der Waals surface area (Å²) in [5.41, 5.74) is 4.04. The van der Waals surface area contributed by atoms with E-state index in [1.807, 2.05) is 41.8 Å². The highest BCUT2D eigenvalue weighted by Crippen LogP contribution is 2.25. The molecule has 0 aliphatic carbocycles. The average Bonchev–Trinajstić information content (AvgIpc) is 3.15. The molecule has 1 heterocycles. The molecule has 0 radical (unpaired) electrons. The van der Waals surface area contributed by atoms with Crippen molar-refractivity contribution in [1.29, 1.82) is 0 Å². The maximum absolute atomic E-state index is 12.2. The minimum Gasteiger partial charge on any atom is -0.356 e. The predicted molar refractivity (Wildman–Crippen MR) is 121 cm³/mol. The van der Waals surface area contributed by atoms with Gasteiger partial charge in [0, 0.05) is 28.9 Å². The van der Waals surface area contributed by atoms with Crippen LogP contribution in [0.15, 0.2) is 58.4 Å². The number of thiazole rings is 1. The van der Waals surface area contributed by atoms with Crippen LogP contribution in [0.4, 0.5) is 5.13 Å². The first-order valence-corrected chi connectivity index (χ1v) is 11.0. The highest BCUT2D eigenvalue weighted by atomic mass is 79.9. The van der Waals surface area contributed by atoms with Gasteiger partial charge in [-0.2, -0.15) is 0 Å². The van der Waals surface area contributed by atoms with Crippen molar-refractivity contribution in [3.63, 3.8) is 0 Å². The quantitative estimate of drug-likeness (QED) is 0.462. The molecule has 2 aromatic carbocycles. The van der Waals surface area contributed by atoms with Gasteiger partial charge < -0.3 is 10.6 Å². The van der Waals surface area contributed by atoms with E-state index in [0.717, 1.165) is 34.1 Å². The Hall–Kier alpha value is -2.51. The first-order chi connectivity index (χ1) is 14.0. The number of hydrogen-bond acceptors (Lipinski definition) is 4. The van der Waals surface area contributed by atoms with Crippen molar-refractivity contribution >= 4 is 44.2 Å². The summed E-state index contributed by atoms with van der Waals surface area (Å²) < 4.78 is 0.991. The number of nitrogens with zero attached hydrogens (tertiary/aromatic N) is 1. The molecule has 0 aliphatic rings. The Balaban J connectivity index is 1.53. The maximum atomic E-state index is 12.2. The number of nitrogens with one attached hydrogen (secondary N) is 2. The SMILES string of the molecule is CC(=O)NCCCc1ccc(-c2csc(NC(=O)Cc3ccc(Br)cc3)n2)cc1. The molecule has 0 unspecified atom stereocenters. The minimum absolute atomic E-state index is 0.00335. The summed E-state index contributed by atoms with van der Waals surface area (Å²) >= 11 is 4.81. The molecule has 7 heteroatoms. The van der Waals surface area contributed by atoms with Crippen LogP contribution in [0.3, 0.4) is 0 Å². The van der Waals surface area contributed by atoms with Gasteiger partial charge in [0.05, 0.1) is 12.1 Å². The van der Waals surface area contributed by atoms with Crippen LogP contribution < -0.4 is 10.6 Å². The third-order valence-electron chi connectivity index (χ3n) is 4.29. The average molecular weight is 472 g/mol. The van der Waals surface area contributed by atoms with Crippen LogP contribution >= 0.6 is 27.3 Å². The molecule has 29 heavy (non-hydrogen) atoms. The largest absolute Gasteiger partial charge is 0.356 e. The molecular formula is C22H22BrN3O2S. The van der Waals surface area contributed by atoms with Crippen molar-refractivity contribution in [3.8, 4) is 11.3 Å². The number of carbonyl (C=O) groups excluding carboxylic acids is 2. The normalized spacial score (nSPS) is 10.6. The molecular weight excluding hydrogens is 450 g/mol. The van der Waals surface area contributed by atoms with Gasteiger partial charge in [-0.15, -0.1) is 11.3 Å². The van der Waals surface area contributed by atoms with E-state index >= 15 is 0 Å². The van der Waals surface area contributed by atoms with E-state index in [1.165, 1.54) is 23.8 Å². The number of amides is 2. The molecule has 0 saturated heterocycles. The van der Waals surface area contributed by atoms with Crippen LogP contribution in [0.25, 0.3) is 11.3 Å². The number of halogens is 1. The third kappa shape index (κ3) is 6.80. The minimum atomic E-state index is -0.0808. The lowest BCUT2D eigenvalue weighted by molar-refractivity contribution is -0.119. The summed E-state index contributed by atoms with van der Waals surface area (Å²) in [4.78, 5) is 27.7. The second kappa shape index (κ2) is 10.3. The lowest BCUT2D eigenvalue weighted by Crippen LogP contribution is -2.21. The van der Waals surface area contributed by atoms with Gasteiger partial charge in [-0.1, -0.05) is 52.3 Å². The van der Waals surface area contributed by atoms with Crippen molar-refractivity contribution in [2.24, 2.45) is 0 Å². The van der Waals surface area contributed by atoms with Gasteiger partial charge in [0.1, 0.15) is 0 Å². The monoisotopic (exact) mass is 471 g/mol. The van der Waals surface area contributed by atoms with Crippen LogP contribution in [0, 0.1) is 0 Å². The van der Waals surface area contributed by atoms with Gasteiger partial charge in [0.25, 0.3) is 0 Å². The molecule has 5 nitrogen and oxygen atoms in total. The number of carbonyl (C=O) groups is 2. The number of benzene rings is 2. The standard InChI is InChI=1S/C22H22BrN3O2S/c1-15(27)24-12-2-3-16-4-8-18(9-5-16)20-14-29-22(25-20)26-21(28)13-17-6-10-19(23)11-7-17/h4-11,14H,2-3,12-13H2,1H3,(H,24,27)(H,25,26,28). The summed E-state index contributed by atoms with van der Waals surface area (Å²) in [5, 5.41) is 8.22. The highest BCUT2D eigenvalue weighted by Gasteiger charge is 2.09. The van der Waals surface area contributed by atoms with E-state index in [0.29, 0.717) is 18.1 Å². The van der Waals surface area contributed by atoms with E-state index in [1.54, 1.807) is 0 Å². The smallest absolute Gasteiger partial charge is 0.230 e. The van der Waals surface area contributed by atoms with Gasteiger partial charge in [-0.25, -0.2) is 4.98 Å².